The summed E-state index contributed by atoms with van der Waals surface area (Å²) in [6, 6.07) is 0. The molecule has 1 spiro atoms. The van der Waals surface area contributed by atoms with Gasteiger partial charge in [-0.15, -0.1) is 0 Å². The maximum atomic E-state index is 12.3. The van der Waals surface area contributed by atoms with Gasteiger partial charge in [0.25, 0.3) is 0 Å². The van der Waals surface area contributed by atoms with E-state index in [1.165, 1.54) is 12.8 Å². The second-order valence-electron chi connectivity index (χ2n) is 5.49. The van der Waals surface area contributed by atoms with Crippen LogP contribution in [0.1, 0.15) is 45.4 Å². The Kier molecular flexibility index (Phi) is 3.80. The van der Waals surface area contributed by atoms with Crippen molar-refractivity contribution < 1.29 is 13.2 Å². The first-order valence-corrected chi connectivity index (χ1v) is 8.18. The first kappa shape index (κ1) is 13.3. The second kappa shape index (κ2) is 4.86. The van der Waals surface area contributed by atoms with E-state index in [2.05, 4.69) is 0 Å². The van der Waals surface area contributed by atoms with Crippen LogP contribution in [0.3, 0.4) is 0 Å². The third kappa shape index (κ3) is 2.51. The van der Waals surface area contributed by atoms with Crippen molar-refractivity contribution in [3.63, 3.8) is 0 Å². The lowest BCUT2D eigenvalue weighted by Crippen LogP contribution is -2.46. The Morgan fingerprint density at radius 2 is 2.06 bits per heavy atom. The fourth-order valence-corrected chi connectivity index (χ4v) is 4.98. The Morgan fingerprint density at radius 1 is 1.41 bits per heavy atom. The van der Waals surface area contributed by atoms with Crippen molar-refractivity contribution in [1.82, 2.24) is 0 Å². The molecule has 0 aromatic carbocycles. The third-order valence-corrected chi connectivity index (χ3v) is 6.97. The average Bonchev–Trinajstić information content (AvgIpc) is 2.76. The van der Waals surface area contributed by atoms with Crippen molar-refractivity contribution in [2.24, 2.45) is 5.73 Å². The number of nitrogens with two attached hydrogens (primary N) is 1. The van der Waals surface area contributed by atoms with Gasteiger partial charge in [-0.3, -0.25) is 0 Å². The fourth-order valence-electron chi connectivity index (χ4n) is 3.09. The lowest BCUT2D eigenvalue weighted by molar-refractivity contribution is -0.0713. The van der Waals surface area contributed by atoms with Crippen LogP contribution in [0, 0.1) is 0 Å². The van der Waals surface area contributed by atoms with Gasteiger partial charge in [-0.1, -0.05) is 12.8 Å². The third-order valence-electron chi connectivity index (χ3n) is 4.32. The molecule has 0 aromatic heterocycles. The summed E-state index contributed by atoms with van der Waals surface area (Å²) >= 11 is 0. The molecule has 0 aromatic rings. The van der Waals surface area contributed by atoms with E-state index < -0.39 is 15.1 Å². The fraction of sp³-hybridized carbons (Fsp3) is 1.00. The Hall–Kier alpha value is -0.130. The molecule has 1 saturated heterocycles. The zero-order valence-corrected chi connectivity index (χ0v) is 11.3. The Labute approximate surface area is 104 Å². The van der Waals surface area contributed by atoms with Crippen LogP contribution in [-0.2, 0) is 14.6 Å². The molecule has 1 saturated carbocycles. The van der Waals surface area contributed by atoms with Gasteiger partial charge in [-0.25, -0.2) is 8.42 Å². The van der Waals surface area contributed by atoms with E-state index in [0.29, 0.717) is 19.4 Å². The maximum Gasteiger partial charge on any atom is 0.157 e. The molecular weight excluding hydrogens is 238 g/mol. The molecule has 100 valence electrons. The van der Waals surface area contributed by atoms with Gasteiger partial charge >= 0.3 is 0 Å². The number of hydrogen-bond donors (Lipinski definition) is 1. The summed E-state index contributed by atoms with van der Waals surface area (Å²) in [5.74, 6) is 0. The number of hydrogen-bond acceptors (Lipinski definition) is 4. The van der Waals surface area contributed by atoms with Crippen LogP contribution in [0.25, 0.3) is 0 Å². The molecule has 17 heavy (non-hydrogen) atoms. The zero-order valence-electron chi connectivity index (χ0n) is 10.5. The van der Waals surface area contributed by atoms with Crippen LogP contribution < -0.4 is 5.73 Å². The van der Waals surface area contributed by atoms with Crippen molar-refractivity contribution in [2.75, 3.05) is 13.2 Å². The van der Waals surface area contributed by atoms with E-state index >= 15 is 0 Å². The van der Waals surface area contributed by atoms with Crippen molar-refractivity contribution in [2.45, 2.75) is 61.5 Å². The standard InChI is InChI=1S/C12H23NO3S/c1-10(9-13)17(14,15)11-4-7-16-12(8-11)5-2-3-6-12/h10-11H,2-9,13H2,1H3. The predicted octanol–water partition coefficient (Wildman–Crippen LogP) is 1.24. The molecule has 4 nitrogen and oxygen atoms in total. The highest BCUT2D eigenvalue weighted by molar-refractivity contribution is 7.92. The molecule has 2 fully saturated rings. The van der Waals surface area contributed by atoms with Gasteiger partial charge in [0, 0.05) is 13.2 Å². The Bertz CT molecular complexity index is 360. The molecule has 2 aliphatic rings. The molecule has 1 aliphatic carbocycles. The number of ether oxygens (including phenoxy) is 1. The van der Waals surface area contributed by atoms with Gasteiger partial charge in [-0.2, -0.15) is 0 Å². The van der Waals surface area contributed by atoms with Gasteiger partial charge in [0.15, 0.2) is 9.84 Å². The lowest BCUT2D eigenvalue weighted by atomic mass is 9.92. The highest BCUT2D eigenvalue weighted by atomic mass is 32.2. The monoisotopic (exact) mass is 261 g/mol. The maximum absolute atomic E-state index is 12.3. The van der Waals surface area contributed by atoms with E-state index in [4.69, 9.17) is 10.5 Å². The normalized spacial score (nSPS) is 30.6. The van der Waals surface area contributed by atoms with Crippen LogP contribution >= 0.6 is 0 Å². The zero-order chi connectivity index (χ0) is 12.5. The molecule has 2 N–H and O–H groups in total. The van der Waals surface area contributed by atoms with Crippen molar-refractivity contribution >= 4 is 9.84 Å². The molecule has 0 amide bonds. The molecule has 1 aliphatic heterocycles. The van der Waals surface area contributed by atoms with Gasteiger partial charge in [-0.05, 0) is 32.6 Å². The van der Waals surface area contributed by atoms with E-state index in [9.17, 15) is 8.42 Å². The van der Waals surface area contributed by atoms with Crippen LogP contribution in [0.5, 0.6) is 0 Å². The van der Waals surface area contributed by atoms with Crippen molar-refractivity contribution in [3.8, 4) is 0 Å². The van der Waals surface area contributed by atoms with Gasteiger partial charge in [0.05, 0.1) is 16.1 Å². The summed E-state index contributed by atoms with van der Waals surface area (Å²) in [4.78, 5) is 0. The molecule has 0 radical (unpaired) electrons. The summed E-state index contributed by atoms with van der Waals surface area (Å²) in [7, 11) is -3.08. The van der Waals surface area contributed by atoms with E-state index in [-0.39, 0.29) is 17.4 Å². The van der Waals surface area contributed by atoms with Crippen LogP contribution in [0.15, 0.2) is 0 Å². The topological polar surface area (TPSA) is 69.4 Å². The smallest absolute Gasteiger partial charge is 0.157 e. The van der Waals surface area contributed by atoms with Gasteiger partial charge < -0.3 is 10.5 Å². The minimum atomic E-state index is -3.08. The summed E-state index contributed by atoms with van der Waals surface area (Å²) in [5.41, 5.74) is 5.36. The number of sulfone groups is 1. The van der Waals surface area contributed by atoms with Crippen molar-refractivity contribution in [3.05, 3.63) is 0 Å². The van der Waals surface area contributed by atoms with E-state index in [1.807, 2.05) is 0 Å². The molecule has 2 atom stereocenters. The molecule has 1 heterocycles. The SMILES string of the molecule is CC(CN)S(=O)(=O)C1CCOC2(CCCC2)C1. The average molecular weight is 261 g/mol. The second-order valence-corrected chi connectivity index (χ2v) is 8.14. The quantitative estimate of drug-likeness (QED) is 0.830. The van der Waals surface area contributed by atoms with Gasteiger partial charge in [0.2, 0.25) is 0 Å². The van der Waals surface area contributed by atoms with Gasteiger partial charge in [0.1, 0.15) is 0 Å². The Morgan fingerprint density at radius 3 is 2.65 bits per heavy atom. The van der Waals surface area contributed by atoms with Crippen LogP contribution in [-0.4, -0.2) is 37.7 Å². The summed E-state index contributed by atoms with van der Waals surface area (Å²) in [5, 5.41) is -0.669. The molecule has 2 rings (SSSR count). The largest absolute Gasteiger partial charge is 0.375 e. The minimum absolute atomic E-state index is 0.135. The van der Waals surface area contributed by atoms with Crippen LogP contribution in [0.4, 0.5) is 0 Å². The first-order valence-electron chi connectivity index (χ1n) is 6.57. The highest BCUT2D eigenvalue weighted by Gasteiger charge is 2.44. The van der Waals surface area contributed by atoms with E-state index in [0.717, 1.165) is 12.8 Å². The molecule has 5 heteroatoms. The summed E-state index contributed by atoms with van der Waals surface area (Å²) < 4.78 is 30.5. The summed E-state index contributed by atoms with van der Waals surface area (Å²) in [6.07, 6.45) is 5.69. The lowest BCUT2D eigenvalue weighted by Gasteiger charge is -2.38. The van der Waals surface area contributed by atoms with Crippen molar-refractivity contribution in [1.29, 1.82) is 0 Å². The Balaban J connectivity index is 2.12. The van der Waals surface area contributed by atoms with E-state index in [1.54, 1.807) is 6.92 Å². The summed E-state index contributed by atoms with van der Waals surface area (Å²) in [6.45, 7) is 2.51. The molecular formula is C12H23NO3S. The van der Waals surface area contributed by atoms with Crippen LogP contribution in [0.2, 0.25) is 0 Å². The highest BCUT2D eigenvalue weighted by Crippen LogP contribution is 2.42. The first-order chi connectivity index (χ1) is 8.00. The molecule has 0 bridgehead atoms. The molecule has 2 unspecified atom stereocenters. The minimum Gasteiger partial charge on any atom is -0.375 e. The number of rotatable bonds is 3. The predicted molar refractivity (Wildman–Crippen MR) is 67.6 cm³/mol.